The highest BCUT2D eigenvalue weighted by atomic mass is 35.5. The van der Waals surface area contributed by atoms with Gasteiger partial charge in [-0.2, -0.15) is 0 Å². The summed E-state index contributed by atoms with van der Waals surface area (Å²) in [6.45, 7) is 5.35. The lowest BCUT2D eigenvalue weighted by molar-refractivity contribution is 0.155. The van der Waals surface area contributed by atoms with Gasteiger partial charge in [0.1, 0.15) is 0 Å². The molecule has 0 radical (unpaired) electrons. The first kappa shape index (κ1) is 14.3. The van der Waals surface area contributed by atoms with E-state index in [9.17, 15) is 0 Å². The molecule has 0 amide bonds. The van der Waals surface area contributed by atoms with Crippen LogP contribution in [0.25, 0.3) is 10.1 Å². The molecule has 2 aromatic rings. The maximum absolute atomic E-state index is 6.53. The average Bonchev–Trinajstić information content (AvgIpc) is 2.76. The van der Waals surface area contributed by atoms with Gasteiger partial charge < -0.3 is 5.73 Å². The summed E-state index contributed by atoms with van der Waals surface area (Å²) in [4.78, 5) is 3.80. The summed E-state index contributed by atoms with van der Waals surface area (Å²) in [5, 5.41) is 2.13. The fourth-order valence-corrected chi connectivity index (χ4v) is 4.57. The molecule has 4 heteroatoms. The van der Waals surface area contributed by atoms with Crippen molar-refractivity contribution in [1.82, 2.24) is 4.90 Å². The predicted molar refractivity (Wildman–Crippen MR) is 88.5 cm³/mol. The molecule has 2 nitrogen and oxygen atoms in total. The minimum Gasteiger partial charge on any atom is -0.328 e. The lowest BCUT2D eigenvalue weighted by Crippen LogP contribution is -2.41. The van der Waals surface area contributed by atoms with Crippen LogP contribution in [0.4, 0.5) is 0 Å². The van der Waals surface area contributed by atoms with Gasteiger partial charge >= 0.3 is 0 Å². The Bertz CT molecular complexity index is 593. The number of rotatable bonds is 3. The third-order valence-corrected chi connectivity index (χ3v) is 5.95. The van der Waals surface area contributed by atoms with E-state index in [0.717, 1.165) is 24.7 Å². The Kier molecular flexibility index (Phi) is 4.32. The van der Waals surface area contributed by atoms with Crippen molar-refractivity contribution >= 4 is 33.0 Å². The largest absolute Gasteiger partial charge is 0.328 e. The van der Waals surface area contributed by atoms with Crippen LogP contribution in [0, 0.1) is 5.92 Å². The van der Waals surface area contributed by atoms with E-state index in [1.54, 1.807) is 0 Å². The van der Waals surface area contributed by atoms with E-state index >= 15 is 0 Å². The molecule has 0 saturated carbocycles. The van der Waals surface area contributed by atoms with Gasteiger partial charge in [-0.3, -0.25) is 4.90 Å². The number of halogens is 1. The van der Waals surface area contributed by atoms with E-state index in [1.807, 2.05) is 11.3 Å². The van der Waals surface area contributed by atoms with Crippen molar-refractivity contribution < 1.29 is 0 Å². The van der Waals surface area contributed by atoms with E-state index in [0.29, 0.717) is 5.92 Å². The highest BCUT2D eigenvalue weighted by Gasteiger charge is 2.23. The Morgan fingerprint density at radius 1 is 1.45 bits per heavy atom. The summed E-state index contributed by atoms with van der Waals surface area (Å²) in [7, 11) is 0. The molecule has 0 aliphatic carbocycles. The highest BCUT2D eigenvalue weighted by molar-refractivity contribution is 7.19. The number of hydrogen-bond acceptors (Lipinski definition) is 3. The first-order valence-corrected chi connectivity index (χ1v) is 8.48. The van der Waals surface area contributed by atoms with Gasteiger partial charge in [0.2, 0.25) is 0 Å². The lowest BCUT2D eigenvalue weighted by Gasteiger charge is -2.34. The van der Waals surface area contributed by atoms with Crippen LogP contribution in [0.3, 0.4) is 0 Å². The van der Waals surface area contributed by atoms with E-state index < -0.39 is 0 Å². The van der Waals surface area contributed by atoms with Crippen LogP contribution in [0.15, 0.2) is 24.3 Å². The van der Waals surface area contributed by atoms with Crippen LogP contribution in [0.2, 0.25) is 5.02 Å². The Hall–Kier alpha value is -0.610. The summed E-state index contributed by atoms with van der Waals surface area (Å²) in [5.74, 6) is 0.622. The maximum atomic E-state index is 6.53. The van der Waals surface area contributed by atoms with Gasteiger partial charge in [0.15, 0.2) is 0 Å². The molecule has 1 aromatic carbocycles. The van der Waals surface area contributed by atoms with Crippen LogP contribution in [0.1, 0.15) is 24.6 Å². The number of benzene rings is 1. The molecule has 1 fully saturated rings. The Balaban J connectivity index is 1.77. The topological polar surface area (TPSA) is 29.3 Å². The summed E-state index contributed by atoms with van der Waals surface area (Å²) >= 11 is 8.36. The second-order valence-electron chi connectivity index (χ2n) is 5.83. The summed E-state index contributed by atoms with van der Waals surface area (Å²) in [5.41, 5.74) is 6.06. The maximum Gasteiger partial charge on any atom is 0.0637 e. The Labute approximate surface area is 129 Å². The number of nitrogens with two attached hydrogens (primary N) is 1. The third kappa shape index (κ3) is 2.86. The molecule has 1 aliphatic heterocycles. The zero-order valence-electron chi connectivity index (χ0n) is 11.8. The number of thiophene rings is 1. The van der Waals surface area contributed by atoms with Gasteiger partial charge in [-0.15, -0.1) is 11.3 Å². The number of nitrogens with zero attached hydrogens (tertiary/aromatic N) is 1. The minimum absolute atomic E-state index is 0.288. The van der Waals surface area contributed by atoms with Crippen LogP contribution < -0.4 is 5.73 Å². The normalized spacial score (nSPS) is 22.2. The Morgan fingerprint density at radius 3 is 3.00 bits per heavy atom. The molecule has 0 spiro atoms. The van der Waals surface area contributed by atoms with Crippen molar-refractivity contribution in [2.45, 2.75) is 32.4 Å². The summed E-state index contributed by atoms with van der Waals surface area (Å²) in [6.07, 6.45) is 2.50. The van der Waals surface area contributed by atoms with Crippen molar-refractivity contribution in [1.29, 1.82) is 0 Å². The van der Waals surface area contributed by atoms with Crippen molar-refractivity contribution in [2.24, 2.45) is 11.7 Å². The van der Waals surface area contributed by atoms with Gasteiger partial charge in [0.25, 0.3) is 0 Å². The van der Waals surface area contributed by atoms with E-state index in [-0.39, 0.29) is 6.04 Å². The molecule has 3 rings (SSSR count). The molecule has 108 valence electrons. The fraction of sp³-hybridized carbons (Fsp3) is 0.500. The standard InChI is InChI=1S/C16H21ClN2S/c1-11(18)12-5-4-8-19(9-12)10-15-16(17)13-6-2-3-7-14(13)20-15/h2-3,6-7,11-12H,4-5,8-10,18H2,1H3. The van der Waals surface area contributed by atoms with Crippen molar-refractivity contribution in [3.63, 3.8) is 0 Å². The van der Waals surface area contributed by atoms with E-state index in [2.05, 4.69) is 36.1 Å². The molecular formula is C16H21ClN2S. The van der Waals surface area contributed by atoms with Crippen LogP contribution in [-0.4, -0.2) is 24.0 Å². The molecule has 1 aromatic heterocycles. The van der Waals surface area contributed by atoms with Crippen molar-refractivity contribution in [3.05, 3.63) is 34.2 Å². The first-order valence-electron chi connectivity index (χ1n) is 7.29. The van der Waals surface area contributed by atoms with E-state index in [4.69, 9.17) is 17.3 Å². The number of likely N-dealkylation sites (tertiary alicyclic amines) is 1. The van der Waals surface area contributed by atoms with Gasteiger partial charge in [-0.25, -0.2) is 0 Å². The van der Waals surface area contributed by atoms with Gasteiger partial charge in [0, 0.05) is 34.1 Å². The zero-order valence-corrected chi connectivity index (χ0v) is 13.4. The van der Waals surface area contributed by atoms with Crippen LogP contribution in [0.5, 0.6) is 0 Å². The molecule has 2 atom stereocenters. The second-order valence-corrected chi connectivity index (χ2v) is 7.35. The molecule has 2 unspecified atom stereocenters. The highest BCUT2D eigenvalue weighted by Crippen LogP contribution is 2.36. The molecule has 20 heavy (non-hydrogen) atoms. The van der Waals surface area contributed by atoms with Crippen molar-refractivity contribution in [3.8, 4) is 0 Å². The molecule has 1 aliphatic rings. The molecule has 2 heterocycles. The molecule has 0 bridgehead atoms. The monoisotopic (exact) mass is 308 g/mol. The van der Waals surface area contributed by atoms with Gasteiger partial charge in [-0.1, -0.05) is 29.8 Å². The fourth-order valence-electron chi connectivity index (χ4n) is 3.03. The smallest absolute Gasteiger partial charge is 0.0637 e. The zero-order chi connectivity index (χ0) is 14.1. The van der Waals surface area contributed by atoms with Gasteiger partial charge in [-0.05, 0) is 38.3 Å². The van der Waals surface area contributed by atoms with Crippen molar-refractivity contribution in [2.75, 3.05) is 13.1 Å². The predicted octanol–water partition coefficient (Wildman–Crippen LogP) is 4.11. The summed E-state index contributed by atoms with van der Waals surface area (Å²) < 4.78 is 1.29. The van der Waals surface area contributed by atoms with E-state index in [1.165, 1.54) is 27.8 Å². The number of hydrogen-bond donors (Lipinski definition) is 1. The Morgan fingerprint density at radius 2 is 2.25 bits per heavy atom. The minimum atomic E-state index is 0.288. The molecular weight excluding hydrogens is 288 g/mol. The first-order chi connectivity index (χ1) is 9.65. The second kappa shape index (κ2) is 6.02. The number of piperidine rings is 1. The van der Waals surface area contributed by atoms with Crippen LogP contribution >= 0.6 is 22.9 Å². The summed E-state index contributed by atoms with van der Waals surface area (Å²) in [6, 6.07) is 8.68. The SMILES string of the molecule is CC(N)C1CCCN(Cc2sc3ccccc3c2Cl)C1. The lowest BCUT2D eigenvalue weighted by atomic mass is 9.92. The van der Waals surface area contributed by atoms with Gasteiger partial charge in [0.05, 0.1) is 5.02 Å². The molecule has 1 saturated heterocycles. The average molecular weight is 309 g/mol. The molecule has 2 N–H and O–H groups in total. The quantitative estimate of drug-likeness (QED) is 0.924. The van der Waals surface area contributed by atoms with Crippen LogP contribution in [-0.2, 0) is 6.54 Å². The third-order valence-electron chi connectivity index (χ3n) is 4.25. The number of fused-ring (bicyclic) bond motifs is 1.